The molecule has 0 spiro atoms. The highest BCUT2D eigenvalue weighted by molar-refractivity contribution is 7.80. The molecule has 0 bridgehead atoms. The van der Waals surface area contributed by atoms with Gasteiger partial charge >= 0.3 is 0 Å². The maximum atomic E-state index is 11.8. The van der Waals surface area contributed by atoms with Gasteiger partial charge in [-0.3, -0.25) is 20.2 Å². The van der Waals surface area contributed by atoms with E-state index in [4.69, 9.17) is 12.2 Å². The van der Waals surface area contributed by atoms with Gasteiger partial charge in [-0.15, -0.1) is 0 Å². The Morgan fingerprint density at radius 2 is 1.87 bits per heavy atom. The number of amides is 1. The second-order valence-corrected chi connectivity index (χ2v) is 4.90. The number of nitro groups is 1. The lowest BCUT2D eigenvalue weighted by atomic mass is 10.2. The van der Waals surface area contributed by atoms with Gasteiger partial charge in [-0.25, -0.2) is 0 Å². The van der Waals surface area contributed by atoms with Gasteiger partial charge in [0.15, 0.2) is 5.11 Å². The number of hydrogen-bond donors (Lipinski definition) is 2. The van der Waals surface area contributed by atoms with Crippen molar-refractivity contribution in [1.29, 1.82) is 0 Å². The lowest BCUT2D eigenvalue weighted by Crippen LogP contribution is -2.32. The molecule has 2 N–H and O–H groups in total. The summed E-state index contributed by atoms with van der Waals surface area (Å²) in [4.78, 5) is 22.0. The molecule has 0 aliphatic carbocycles. The molecule has 0 atom stereocenters. The molecule has 6 nitrogen and oxygen atoms in total. The molecule has 23 heavy (non-hydrogen) atoms. The molecule has 7 heteroatoms. The van der Waals surface area contributed by atoms with E-state index in [1.54, 1.807) is 12.1 Å². The Balaban J connectivity index is 1.92. The van der Waals surface area contributed by atoms with Crippen molar-refractivity contribution in [3.63, 3.8) is 0 Å². The molecule has 0 aromatic heterocycles. The van der Waals surface area contributed by atoms with Crippen LogP contribution in [0.1, 0.15) is 5.56 Å². The van der Waals surface area contributed by atoms with Crippen LogP contribution in [0.15, 0.2) is 60.7 Å². The Labute approximate surface area is 138 Å². The van der Waals surface area contributed by atoms with Gasteiger partial charge < -0.3 is 5.32 Å². The molecular formula is C16H13N3O3S. The highest BCUT2D eigenvalue weighted by atomic mass is 32.1. The average Bonchev–Trinajstić information content (AvgIpc) is 2.54. The summed E-state index contributed by atoms with van der Waals surface area (Å²) in [7, 11) is 0. The Hall–Kier alpha value is -3.06. The Bertz CT molecular complexity index is 760. The predicted octanol–water partition coefficient (Wildman–Crippen LogP) is 3.12. The minimum absolute atomic E-state index is 0.0619. The molecule has 0 aliphatic rings. The first-order valence-corrected chi connectivity index (χ1v) is 7.05. The summed E-state index contributed by atoms with van der Waals surface area (Å²) in [5.74, 6) is -0.392. The van der Waals surface area contributed by atoms with Crippen LogP contribution in [0.25, 0.3) is 6.08 Å². The molecule has 116 valence electrons. The van der Waals surface area contributed by atoms with E-state index in [0.717, 1.165) is 5.56 Å². The number of thiocarbonyl (C=S) groups is 1. The number of hydrogen-bond acceptors (Lipinski definition) is 4. The molecule has 0 unspecified atom stereocenters. The van der Waals surface area contributed by atoms with E-state index < -0.39 is 10.8 Å². The van der Waals surface area contributed by atoms with Crippen LogP contribution in [0.3, 0.4) is 0 Å². The van der Waals surface area contributed by atoms with E-state index in [0.29, 0.717) is 5.69 Å². The van der Waals surface area contributed by atoms with Crippen LogP contribution in [0.5, 0.6) is 0 Å². The topological polar surface area (TPSA) is 84.3 Å². The molecular weight excluding hydrogens is 314 g/mol. The number of non-ortho nitro benzene ring substituents is 1. The first kappa shape index (κ1) is 16.3. The molecule has 0 fully saturated rings. The van der Waals surface area contributed by atoms with Crippen LogP contribution in [-0.2, 0) is 4.79 Å². The second kappa shape index (κ2) is 7.81. The summed E-state index contributed by atoms with van der Waals surface area (Å²) in [5, 5.41) is 16.0. The van der Waals surface area contributed by atoms with Crippen molar-refractivity contribution < 1.29 is 9.72 Å². The maximum Gasteiger partial charge on any atom is 0.271 e. The van der Waals surface area contributed by atoms with Gasteiger partial charge in [0, 0.05) is 23.9 Å². The SMILES string of the molecule is O=C(/C=C/c1ccccc1)NC(=S)Nc1cccc([N+](=O)[O-])c1. The summed E-state index contributed by atoms with van der Waals surface area (Å²) in [6.45, 7) is 0. The third-order valence-corrected chi connectivity index (χ3v) is 2.98. The molecule has 0 aliphatic heterocycles. The van der Waals surface area contributed by atoms with E-state index in [9.17, 15) is 14.9 Å². The van der Waals surface area contributed by atoms with E-state index in [2.05, 4.69) is 10.6 Å². The normalized spacial score (nSPS) is 10.3. The molecule has 1 amide bonds. The molecule has 2 aromatic rings. The molecule has 0 heterocycles. The number of nitrogens with zero attached hydrogens (tertiary/aromatic N) is 1. The van der Waals surface area contributed by atoms with Crippen molar-refractivity contribution in [2.24, 2.45) is 0 Å². The molecule has 0 radical (unpaired) electrons. The van der Waals surface area contributed by atoms with Crippen molar-refractivity contribution >= 4 is 40.7 Å². The largest absolute Gasteiger partial charge is 0.332 e. The summed E-state index contributed by atoms with van der Waals surface area (Å²) < 4.78 is 0. The number of benzene rings is 2. The Morgan fingerprint density at radius 3 is 2.57 bits per heavy atom. The fraction of sp³-hybridized carbons (Fsp3) is 0. The van der Waals surface area contributed by atoms with Crippen LogP contribution >= 0.6 is 12.2 Å². The number of nitrogens with one attached hydrogen (secondary N) is 2. The van der Waals surface area contributed by atoms with E-state index in [1.807, 2.05) is 30.3 Å². The number of carbonyl (C=O) groups excluding carboxylic acids is 1. The molecule has 2 aromatic carbocycles. The summed E-state index contributed by atoms with van der Waals surface area (Å²) in [6.07, 6.45) is 3.02. The lowest BCUT2D eigenvalue weighted by Gasteiger charge is -2.07. The van der Waals surface area contributed by atoms with Crippen LogP contribution in [0, 0.1) is 10.1 Å². The maximum absolute atomic E-state index is 11.8. The van der Waals surface area contributed by atoms with E-state index in [1.165, 1.54) is 24.3 Å². The summed E-state index contributed by atoms with van der Waals surface area (Å²) >= 11 is 5.01. The third-order valence-electron chi connectivity index (χ3n) is 2.78. The zero-order valence-electron chi connectivity index (χ0n) is 11.9. The van der Waals surface area contributed by atoms with Crippen LogP contribution in [0.2, 0.25) is 0 Å². The van der Waals surface area contributed by atoms with Gasteiger partial charge in [-0.2, -0.15) is 0 Å². The van der Waals surface area contributed by atoms with E-state index >= 15 is 0 Å². The van der Waals surface area contributed by atoms with Gasteiger partial charge in [0.25, 0.3) is 5.69 Å². The van der Waals surface area contributed by atoms with Gasteiger partial charge in [0.1, 0.15) is 0 Å². The Morgan fingerprint density at radius 1 is 1.13 bits per heavy atom. The lowest BCUT2D eigenvalue weighted by molar-refractivity contribution is -0.384. The molecule has 0 saturated heterocycles. The van der Waals surface area contributed by atoms with Crippen LogP contribution in [0.4, 0.5) is 11.4 Å². The highest BCUT2D eigenvalue weighted by Gasteiger charge is 2.07. The van der Waals surface area contributed by atoms with Gasteiger partial charge in [0.2, 0.25) is 5.91 Å². The fourth-order valence-electron chi connectivity index (χ4n) is 1.75. The quantitative estimate of drug-likeness (QED) is 0.390. The first-order valence-electron chi connectivity index (χ1n) is 6.64. The second-order valence-electron chi connectivity index (χ2n) is 4.49. The summed E-state index contributed by atoms with van der Waals surface area (Å²) in [6, 6.07) is 15.2. The highest BCUT2D eigenvalue weighted by Crippen LogP contribution is 2.16. The van der Waals surface area contributed by atoms with Gasteiger partial charge in [-0.1, -0.05) is 36.4 Å². The number of rotatable bonds is 4. The van der Waals surface area contributed by atoms with Crippen LogP contribution < -0.4 is 10.6 Å². The zero-order chi connectivity index (χ0) is 16.7. The average molecular weight is 327 g/mol. The first-order chi connectivity index (χ1) is 11.0. The van der Waals surface area contributed by atoms with Gasteiger partial charge in [-0.05, 0) is 29.9 Å². The molecule has 2 rings (SSSR count). The number of anilines is 1. The number of nitro benzene ring substituents is 1. The van der Waals surface area contributed by atoms with Gasteiger partial charge in [0.05, 0.1) is 4.92 Å². The van der Waals surface area contributed by atoms with Crippen LogP contribution in [-0.4, -0.2) is 15.9 Å². The smallest absolute Gasteiger partial charge is 0.271 e. The molecule has 0 saturated carbocycles. The van der Waals surface area contributed by atoms with Crippen molar-refractivity contribution in [3.05, 3.63) is 76.4 Å². The number of carbonyl (C=O) groups is 1. The minimum Gasteiger partial charge on any atom is -0.332 e. The monoisotopic (exact) mass is 327 g/mol. The van der Waals surface area contributed by atoms with Crippen molar-refractivity contribution in [2.75, 3.05) is 5.32 Å². The third kappa shape index (κ3) is 5.33. The minimum atomic E-state index is -0.505. The fourth-order valence-corrected chi connectivity index (χ4v) is 1.97. The zero-order valence-corrected chi connectivity index (χ0v) is 12.7. The summed E-state index contributed by atoms with van der Waals surface area (Å²) in [5.41, 5.74) is 1.25. The van der Waals surface area contributed by atoms with Crippen molar-refractivity contribution in [1.82, 2.24) is 5.32 Å². The standard InChI is InChI=1S/C16H13N3O3S/c20-15(10-9-12-5-2-1-3-6-12)18-16(23)17-13-7-4-8-14(11-13)19(21)22/h1-11H,(H2,17,18,20,23)/b10-9+. The van der Waals surface area contributed by atoms with Crippen molar-refractivity contribution in [2.45, 2.75) is 0 Å². The van der Waals surface area contributed by atoms with Crippen molar-refractivity contribution in [3.8, 4) is 0 Å². The predicted molar refractivity (Wildman–Crippen MR) is 92.9 cm³/mol. The van der Waals surface area contributed by atoms with E-state index in [-0.39, 0.29) is 10.8 Å². The Kier molecular flexibility index (Phi) is 5.54.